The second-order valence-electron chi connectivity index (χ2n) is 4.53. The Bertz CT molecular complexity index is 789. The molecule has 1 aromatic heterocycles. The van der Waals surface area contributed by atoms with E-state index >= 15 is 0 Å². The number of nitrogens with zero attached hydrogens (tertiary/aromatic N) is 3. The molecule has 0 bridgehead atoms. The number of benzene rings is 2. The topological polar surface area (TPSA) is 39.9 Å². The number of methoxy groups -OCH3 is 1. The maximum Gasteiger partial charge on any atom is 0.195 e. The lowest BCUT2D eigenvalue weighted by Gasteiger charge is -2.11. The number of thioether (sulfide) groups is 1. The molecule has 0 amide bonds. The van der Waals surface area contributed by atoms with Crippen LogP contribution < -0.4 is 4.74 Å². The summed E-state index contributed by atoms with van der Waals surface area (Å²) in [5.41, 5.74) is 1.90. The van der Waals surface area contributed by atoms with E-state index in [2.05, 4.69) is 10.2 Å². The number of ether oxygens (including phenoxy) is 1. The first-order valence-corrected chi connectivity index (χ1v) is 8.23. The molecule has 0 unspecified atom stereocenters. The molecular formula is C16H14ClN3OS. The molecule has 2 aromatic carbocycles. The molecule has 0 fully saturated rings. The summed E-state index contributed by atoms with van der Waals surface area (Å²) >= 11 is 7.79. The summed E-state index contributed by atoms with van der Waals surface area (Å²) in [7, 11) is 1.60. The highest BCUT2D eigenvalue weighted by molar-refractivity contribution is 7.98. The SMILES string of the molecule is COc1ccc(-n2c(SC)nnc2-c2ccccc2)cc1Cl. The lowest BCUT2D eigenvalue weighted by Crippen LogP contribution is -1.99. The van der Waals surface area contributed by atoms with Gasteiger partial charge in [0.15, 0.2) is 11.0 Å². The Balaban J connectivity index is 2.17. The van der Waals surface area contributed by atoms with Crippen LogP contribution >= 0.6 is 23.4 Å². The third-order valence-electron chi connectivity index (χ3n) is 3.24. The predicted molar refractivity (Wildman–Crippen MR) is 90.1 cm³/mol. The first-order chi connectivity index (χ1) is 10.7. The average Bonchev–Trinajstić information content (AvgIpc) is 2.99. The van der Waals surface area contributed by atoms with Gasteiger partial charge in [0.25, 0.3) is 0 Å². The van der Waals surface area contributed by atoms with Gasteiger partial charge in [0, 0.05) is 5.56 Å². The van der Waals surface area contributed by atoms with Crippen molar-refractivity contribution >= 4 is 23.4 Å². The van der Waals surface area contributed by atoms with Crippen LogP contribution in [0.3, 0.4) is 0 Å². The van der Waals surface area contributed by atoms with Crippen LogP contribution in [0.4, 0.5) is 0 Å². The minimum absolute atomic E-state index is 0.555. The molecule has 1 heterocycles. The fraction of sp³-hybridized carbons (Fsp3) is 0.125. The fourth-order valence-corrected chi connectivity index (χ4v) is 2.95. The van der Waals surface area contributed by atoms with Crippen molar-refractivity contribution in [3.05, 3.63) is 53.6 Å². The highest BCUT2D eigenvalue weighted by atomic mass is 35.5. The predicted octanol–water partition coefficient (Wildman–Crippen LogP) is 4.32. The van der Waals surface area contributed by atoms with E-state index in [4.69, 9.17) is 16.3 Å². The number of hydrogen-bond acceptors (Lipinski definition) is 4. The van der Waals surface area contributed by atoms with E-state index in [1.165, 1.54) is 11.8 Å². The van der Waals surface area contributed by atoms with E-state index in [1.807, 2.05) is 59.4 Å². The van der Waals surface area contributed by atoms with Gasteiger partial charge < -0.3 is 4.74 Å². The minimum atomic E-state index is 0.555. The number of rotatable bonds is 4. The summed E-state index contributed by atoms with van der Waals surface area (Å²) in [5.74, 6) is 1.43. The Morgan fingerprint density at radius 2 is 1.86 bits per heavy atom. The van der Waals surface area contributed by atoms with Gasteiger partial charge in [-0.15, -0.1) is 10.2 Å². The van der Waals surface area contributed by atoms with Gasteiger partial charge in [0.2, 0.25) is 0 Å². The van der Waals surface area contributed by atoms with E-state index in [1.54, 1.807) is 7.11 Å². The third-order valence-corrected chi connectivity index (χ3v) is 4.17. The van der Waals surface area contributed by atoms with Crippen LogP contribution in [-0.2, 0) is 0 Å². The highest BCUT2D eigenvalue weighted by Gasteiger charge is 2.15. The summed E-state index contributed by atoms with van der Waals surface area (Å²) in [4.78, 5) is 0. The summed E-state index contributed by atoms with van der Waals surface area (Å²) < 4.78 is 7.20. The maximum absolute atomic E-state index is 6.25. The molecule has 112 valence electrons. The van der Waals surface area contributed by atoms with Gasteiger partial charge in [-0.05, 0) is 24.5 Å². The first kappa shape index (κ1) is 14.9. The largest absolute Gasteiger partial charge is 0.495 e. The Kier molecular flexibility index (Phi) is 4.36. The van der Waals surface area contributed by atoms with Crippen LogP contribution in [0.15, 0.2) is 53.7 Å². The Morgan fingerprint density at radius 1 is 1.09 bits per heavy atom. The Hall–Kier alpha value is -1.98. The zero-order valence-corrected chi connectivity index (χ0v) is 13.7. The molecule has 22 heavy (non-hydrogen) atoms. The Morgan fingerprint density at radius 3 is 2.50 bits per heavy atom. The van der Waals surface area contributed by atoms with Crippen LogP contribution in [0.1, 0.15) is 0 Å². The first-order valence-electron chi connectivity index (χ1n) is 6.63. The van der Waals surface area contributed by atoms with Gasteiger partial charge in [0.1, 0.15) is 5.75 Å². The molecule has 0 N–H and O–H groups in total. The summed E-state index contributed by atoms with van der Waals surface area (Å²) in [6, 6.07) is 15.6. The van der Waals surface area contributed by atoms with Gasteiger partial charge in [-0.2, -0.15) is 0 Å². The standard InChI is InChI=1S/C16H14ClN3OS/c1-21-14-9-8-12(10-13(14)17)20-15(18-19-16(20)22-2)11-6-4-3-5-7-11/h3-10H,1-2H3. The van der Waals surface area contributed by atoms with Gasteiger partial charge >= 0.3 is 0 Å². The van der Waals surface area contributed by atoms with Crippen molar-refractivity contribution in [2.24, 2.45) is 0 Å². The van der Waals surface area contributed by atoms with E-state index in [9.17, 15) is 0 Å². The van der Waals surface area contributed by atoms with E-state index < -0.39 is 0 Å². The van der Waals surface area contributed by atoms with Crippen molar-refractivity contribution in [2.75, 3.05) is 13.4 Å². The normalized spacial score (nSPS) is 10.7. The summed E-state index contributed by atoms with van der Waals surface area (Å²) in [6.07, 6.45) is 1.97. The third kappa shape index (κ3) is 2.69. The molecule has 0 saturated carbocycles. The zero-order chi connectivity index (χ0) is 15.5. The molecule has 0 spiro atoms. The van der Waals surface area contributed by atoms with Crippen molar-refractivity contribution in [3.63, 3.8) is 0 Å². The van der Waals surface area contributed by atoms with Gasteiger partial charge in [0.05, 0.1) is 17.8 Å². The van der Waals surface area contributed by atoms with Gasteiger partial charge in [-0.1, -0.05) is 53.7 Å². The summed E-state index contributed by atoms with van der Waals surface area (Å²) in [6.45, 7) is 0. The van der Waals surface area contributed by atoms with E-state index in [-0.39, 0.29) is 0 Å². The highest BCUT2D eigenvalue weighted by Crippen LogP contribution is 2.31. The quantitative estimate of drug-likeness (QED) is 0.668. The van der Waals surface area contributed by atoms with E-state index in [0.717, 1.165) is 22.2 Å². The molecule has 0 aliphatic rings. The van der Waals surface area contributed by atoms with Crippen molar-refractivity contribution < 1.29 is 4.74 Å². The van der Waals surface area contributed by atoms with E-state index in [0.29, 0.717) is 10.8 Å². The molecule has 3 rings (SSSR count). The second kappa shape index (κ2) is 6.42. The lowest BCUT2D eigenvalue weighted by atomic mass is 10.2. The fourth-order valence-electron chi connectivity index (χ4n) is 2.20. The van der Waals surface area contributed by atoms with Crippen LogP contribution in [0.2, 0.25) is 5.02 Å². The molecule has 3 aromatic rings. The maximum atomic E-state index is 6.25. The molecule has 0 aliphatic carbocycles. The van der Waals surface area contributed by atoms with Crippen LogP contribution in [0, 0.1) is 0 Å². The van der Waals surface area contributed by atoms with Crippen molar-refractivity contribution in [1.29, 1.82) is 0 Å². The molecule has 0 radical (unpaired) electrons. The Labute approximate surface area is 138 Å². The average molecular weight is 332 g/mol. The van der Waals surface area contributed by atoms with Crippen molar-refractivity contribution in [1.82, 2.24) is 14.8 Å². The summed E-state index contributed by atoms with van der Waals surface area (Å²) in [5, 5.41) is 9.95. The molecule has 4 nitrogen and oxygen atoms in total. The van der Waals surface area contributed by atoms with Crippen molar-refractivity contribution in [2.45, 2.75) is 5.16 Å². The lowest BCUT2D eigenvalue weighted by molar-refractivity contribution is 0.415. The minimum Gasteiger partial charge on any atom is -0.495 e. The monoisotopic (exact) mass is 331 g/mol. The molecule has 0 aliphatic heterocycles. The molecule has 0 atom stereocenters. The van der Waals surface area contributed by atoms with Crippen LogP contribution in [0.25, 0.3) is 17.1 Å². The van der Waals surface area contributed by atoms with Gasteiger partial charge in [-0.3, -0.25) is 4.57 Å². The zero-order valence-electron chi connectivity index (χ0n) is 12.2. The van der Waals surface area contributed by atoms with Crippen LogP contribution in [-0.4, -0.2) is 28.1 Å². The number of hydrogen-bond donors (Lipinski definition) is 0. The van der Waals surface area contributed by atoms with Crippen molar-refractivity contribution in [3.8, 4) is 22.8 Å². The molecule has 6 heteroatoms. The van der Waals surface area contributed by atoms with Gasteiger partial charge in [-0.25, -0.2) is 0 Å². The second-order valence-corrected chi connectivity index (χ2v) is 5.71. The molecular weight excluding hydrogens is 318 g/mol. The van der Waals surface area contributed by atoms with Crippen LogP contribution in [0.5, 0.6) is 5.75 Å². The number of halogens is 1. The number of aromatic nitrogens is 3. The smallest absolute Gasteiger partial charge is 0.195 e. The molecule has 0 saturated heterocycles.